The van der Waals surface area contributed by atoms with Gasteiger partial charge in [0.15, 0.2) is 0 Å². The van der Waals surface area contributed by atoms with Gasteiger partial charge in [-0.2, -0.15) is 0 Å². The predicted molar refractivity (Wildman–Crippen MR) is 80.6 cm³/mol. The number of ketones is 1. The van der Waals surface area contributed by atoms with Gasteiger partial charge >= 0.3 is 0 Å². The van der Waals surface area contributed by atoms with Crippen molar-refractivity contribution in [3.05, 3.63) is 0 Å². The third-order valence-electron chi connectivity index (χ3n) is 6.62. The Morgan fingerprint density at radius 2 is 1.30 bits per heavy atom. The van der Waals surface area contributed by atoms with E-state index in [0.717, 1.165) is 30.7 Å². The SMILES string of the molecule is O=C1CC2CCCC(C1)N2C1CC2CCCCC(C2)C1. The van der Waals surface area contributed by atoms with Gasteiger partial charge in [-0.3, -0.25) is 9.69 Å². The van der Waals surface area contributed by atoms with E-state index in [2.05, 4.69) is 4.90 Å². The van der Waals surface area contributed by atoms with Crippen molar-refractivity contribution in [1.82, 2.24) is 4.90 Å². The van der Waals surface area contributed by atoms with Crippen LogP contribution >= 0.6 is 0 Å². The van der Waals surface area contributed by atoms with Crippen LogP contribution in [0, 0.1) is 11.8 Å². The molecule has 2 saturated carbocycles. The van der Waals surface area contributed by atoms with Crippen molar-refractivity contribution in [3.8, 4) is 0 Å². The zero-order valence-corrected chi connectivity index (χ0v) is 12.7. The molecule has 2 aliphatic heterocycles. The summed E-state index contributed by atoms with van der Waals surface area (Å²) < 4.78 is 0. The number of piperidine rings is 2. The second-order valence-corrected chi connectivity index (χ2v) is 8.01. The molecule has 0 spiro atoms. The van der Waals surface area contributed by atoms with Crippen LogP contribution in [0.3, 0.4) is 0 Å². The molecule has 4 bridgehead atoms. The van der Waals surface area contributed by atoms with Gasteiger partial charge in [0.1, 0.15) is 5.78 Å². The minimum atomic E-state index is 0.546. The van der Waals surface area contributed by atoms with Crippen LogP contribution in [0.1, 0.15) is 77.0 Å². The van der Waals surface area contributed by atoms with Crippen LogP contribution in [0.25, 0.3) is 0 Å². The van der Waals surface area contributed by atoms with Gasteiger partial charge in [0, 0.05) is 31.0 Å². The van der Waals surface area contributed by atoms with Crippen molar-refractivity contribution in [2.45, 2.75) is 95.2 Å². The standard InChI is InChI=1S/C18H29NO/c20-18-11-15-6-3-7-16(12-18)19(15)17-9-13-4-1-2-5-14(8-13)10-17/h13-17H,1-12H2. The number of carbonyl (C=O) groups excluding carboxylic acids is 1. The van der Waals surface area contributed by atoms with E-state index in [1.54, 1.807) is 0 Å². The molecule has 20 heavy (non-hydrogen) atoms. The zero-order valence-electron chi connectivity index (χ0n) is 12.7. The van der Waals surface area contributed by atoms with Crippen LogP contribution in [0.15, 0.2) is 0 Å². The maximum absolute atomic E-state index is 11.9. The van der Waals surface area contributed by atoms with Crippen molar-refractivity contribution < 1.29 is 4.79 Å². The monoisotopic (exact) mass is 275 g/mol. The summed E-state index contributed by atoms with van der Waals surface area (Å²) in [6.07, 6.45) is 16.0. The minimum absolute atomic E-state index is 0.546. The van der Waals surface area contributed by atoms with Crippen molar-refractivity contribution in [2.75, 3.05) is 0 Å². The van der Waals surface area contributed by atoms with Gasteiger partial charge in [-0.25, -0.2) is 0 Å². The summed E-state index contributed by atoms with van der Waals surface area (Å²) in [4.78, 5) is 14.8. The maximum atomic E-state index is 11.9. The van der Waals surface area contributed by atoms with Gasteiger partial charge in [-0.15, -0.1) is 0 Å². The summed E-state index contributed by atoms with van der Waals surface area (Å²) in [6, 6.07) is 2.04. The molecule has 4 aliphatic rings. The van der Waals surface area contributed by atoms with Crippen LogP contribution in [0.2, 0.25) is 0 Å². The van der Waals surface area contributed by atoms with Crippen LogP contribution in [0.5, 0.6) is 0 Å². The van der Waals surface area contributed by atoms with E-state index in [4.69, 9.17) is 0 Å². The van der Waals surface area contributed by atoms with Crippen LogP contribution in [-0.2, 0) is 4.79 Å². The normalized spacial score (nSPS) is 46.0. The summed E-state index contributed by atoms with van der Waals surface area (Å²) in [5.74, 6) is 2.54. The largest absolute Gasteiger partial charge is 0.300 e. The number of fused-ring (bicyclic) bond motifs is 4. The Morgan fingerprint density at radius 1 is 0.700 bits per heavy atom. The molecule has 0 aromatic carbocycles. The second kappa shape index (κ2) is 5.44. The summed E-state index contributed by atoms with van der Waals surface area (Å²) >= 11 is 0. The van der Waals surface area contributed by atoms with Crippen molar-refractivity contribution in [2.24, 2.45) is 11.8 Å². The number of hydrogen-bond acceptors (Lipinski definition) is 2. The van der Waals surface area contributed by atoms with Gasteiger partial charge in [-0.05, 0) is 43.9 Å². The molecule has 112 valence electrons. The number of Topliss-reactive ketones (excluding diaryl/α,β-unsaturated/α-hetero) is 1. The molecule has 0 N–H and O–H groups in total. The Morgan fingerprint density at radius 3 is 1.90 bits per heavy atom. The van der Waals surface area contributed by atoms with E-state index in [-0.39, 0.29) is 0 Å². The van der Waals surface area contributed by atoms with Crippen molar-refractivity contribution >= 4 is 5.78 Å². The Labute approximate surface area is 123 Å². The van der Waals surface area contributed by atoms with E-state index in [1.807, 2.05) is 0 Å². The molecule has 2 heteroatoms. The third kappa shape index (κ3) is 2.45. The number of hydrogen-bond donors (Lipinski definition) is 0. The lowest BCUT2D eigenvalue weighted by molar-refractivity contribution is -0.130. The second-order valence-electron chi connectivity index (χ2n) is 8.01. The Hall–Kier alpha value is -0.370. The molecule has 4 fully saturated rings. The quantitative estimate of drug-likeness (QED) is 0.722. The van der Waals surface area contributed by atoms with Crippen LogP contribution in [-0.4, -0.2) is 28.8 Å². The molecule has 4 rings (SSSR count). The summed E-state index contributed by atoms with van der Waals surface area (Å²) in [5.41, 5.74) is 0. The molecule has 4 unspecified atom stereocenters. The molecule has 2 heterocycles. The van der Waals surface area contributed by atoms with E-state index >= 15 is 0 Å². The van der Waals surface area contributed by atoms with Crippen molar-refractivity contribution in [3.63, 3.8) is 0 Å². The summed E-state index contributed by atoms with van der Waals surface area (Å²) in [5, 5.41) is 0. The minimum Gasteiger partial charge on any atom is -0.300 e. The average Bonchev–Trinajstić information content (AvgIpc) is 2.58. The molecule has 0 aromatic heterocycles. The van der Waals surface area contributed by atoms with Crippen LogP contribution in [0.4, 0.5) is 0 Å². The first-order valence-electron chi connectivity index (χ1n) is 9.08. The topological polar surface area (TPSA) is 20.3 Å². The Balaban J connectivity index is 1.53. The molecular weight excluding hydrogens is 246 g/mol. The lowest BCUT2D eigenvalue weighted by Crippen LogP contribution is -2.58. The first kappa shape index (κ1) is 13.3. The van der Waals surface area contributed by atoms with Gasteiger partial charge in [-0.1, -0.05) is 32.1 Å². The highest BCUT2D eigenvalue weighted by Gasteiger charge is 2.43. The van der Waals surface area contributed by atoms with E-state index in [0.29, 0.717) is 17.9 Å². The van der Waals surface area contributed by atoms with Gasteiger partial charge in [0.05, 0.1) is 0 Å². The molecule has 2 aliphatic carbocycles. The fourth-order valence-corrected chi connectivity index (χ4v) is 5.92. The first-order valence-corrected chi connectivity index (χ1v) is 9.08. The fourth-order valence-electron chi connectivity index (χ4n) is 5.92. The highest BCUT2D eigenvalue weighted by Crippen LogP contribution is 2.44. The smallest absolute Gasteiger partial charge is 0.136 e. The molecule has 0 aromatic rings. The van der Waals surface area contributed by atoms with E-state index < -0.39 is 0 Å². The van der Waals surface area contributed by atoms with E-state index in [9.17, 15) is 4.79 Å². The van der Waals surface area contributed by atoms with Gasteiger partial charge < -0.3 is 0 Å². The summed E-state index contributed by atoms with van der Waals surface area (Å²) in [6.45, 7) is 0. The highest BCUT2D eigenvalue weighted by atomic mass is 16.1. The lowest BCUT2D eigenvalue weighted by Gasteiger charge is -2.52. The molecule has 2 nitrogen and oxygen atoms in total. The lowest BCUT2D eigenvalue weighted by atomic mass is 9.74. The summed E-state index contributed by atoms with van der Waals surface area (Å²) in [7, 11) is 0. The average molecular weight is 275 g/mol. The van der Waals surface area contributed by atoms with Gasteiger partial charge in [0.25, 0.3) is 0 Å². The fraction of sp³-hybridized carbons (Fsp3) is 0.944. The third-order valence-corrected chi connectivity index (χ3v) is 6.62. The first-order chi connectivity index (χ1) is 9.79. The Bertz CT molecular complexity index is 350. The number of carbonyl (C=O) groups is 1. The number of rotatable bonds is 1. The zero-order chi connectivity index (χ0) is 13.5. The number of nitrogens with zero attached hydrogens (tertiary/aromatic N) is 1. The maximum Gasteiger partial charge on any atom is 0.136 e. The molecule has 2 saturated heterocycles. The van der Waals surface area contributed by atoms with Crippen LogP contribution < -0.4 is 0 Å². The molecule has 0 amide bonds. The van der Waals surface area contributed by atoms with E-state index in [1.165, 1.54) is 64.2 Å². The highest BCUT2D eigenvalue weighted by molar-refractivity contribution is 5.80. The van der Waals surface area contributed by atoms with Crippen molar-refractivity contribution in [1.29, 1.82) is 0 Å². The predicted octanol–water partition coefficient (Wildman–Crippen LogP) is 3.93. The Kier molecular flexibility index (Phi) is 3.62. The molecular formula is C18H29NO. The van der Waals surface area contributed by atoms with Gasteiger partial charge in [0.2, 0.25) is 0 Å². The molecule has 0 radical (unpaired) electrons. The molecule has 4 atom stereocenters.